The van der Waals surface area contributed by atoms with Crippen molar-refractivity contribution in [3.8, 4) is 0 Å². The summed E-state index contributed by atoms with van der Waals surface area (Å²) >= 11 is 0. The Balaban J connectivity index is 2.13. The van der Waals surface area contributed by atoms with Crippen LogP contribution in [0, 0.1) is 0 Å². The molecule has 0 aromatic rings. The van der Waals surface area contributed by atoms with Crippen LogP contribution in [-0.2, 0) is 0 Å². The Morgan fingerprint density at radius 1 is 1.17 bits per heavy atom. The number of fused-ring (bicyclic) bond motifs is 2. The van der Waals surface area contributed by atoms with E-state index < -0.39 is 0 Å². The van der Waals surface area contributed by atoms with Gasteiger partial charge in [-0.3, -0.25) is 4.90 Å². The molecule has 2 aliphatic heterocycles. The zero-order valence-electron chi connectivity index (χ0n) is 8.03. The highest BCUT2D eigenvalue weighted by atomic mass is 16.3. The minimum Gasteiger partial charge on any atom is -0.391 e. The van der Waals surface area contributed by atoms with E-state index in [-0.39, 0.29) is 6.10 Å². The normalized spacial score (nSPS) is 42.5. The van der Waals surface area contributed by atoms with Crippen molar-refractivity contribution in [2.45, 2.75) is 63.8 Å². The summed E-state index contributed by atoms with van der Waals surface area (Å²) in [7, 11) is 0. The molecule has 2 fully saturated rings. The van der Waals surface area contributed by atoms with Gasteiger partial charge in [0.15, 0.2) is 0 Å². The van der Waals surface area contributed by atoms with Crippen molar-refractivity contribution in [1.82, 2.24) is 4.90 Å². The Hall–Kier alpha value is -0.0800. The van der Waals surface area contributed by atoms with E-state index in [4.69, 9.17) is 0 Å². The molecular formula is C10H19NO. The van der Waals surface area contributed by atoms with E-state index in [1.54, 1.807) is 0 Å². The van der Waals surface area contributed by atoms with Crippen LogP contribution in [0.2, 0.25) is 0 Å². The van der Waals surface area contributed by atoms with Gasteiger partial charge in [-0.25, -0.2) is 0 Å². The average molecular weight is 169 g/mol. The van der Waals surface area contributed by atoms with Crippen LogP contribution in [0.25, 0.3) is 0 Å². The highest BCUT2D eigenvalue weighted by molar-refractivity contribution is 4.97. The lowest BCUT2D eigenvalue weighted by Gasteiger charge is -2.40. The van der Waals surface area contributed by atoms with Crippen molar-refractivity contribution in [3.63, 3.8) is 0 Å². The smallest absolute Gasteiger partial charge is 0.0696 e. The summed E-state index contributed by atoms with van der Waals surface area (Å²) in [6, 6.07) is 1.86. The third-order valence-electron chi connectivity index (χ3n) is 3.44. The van der Waals surface area contributed by atoms with Crippen molar-refractivity contribution < 1.29 is 5.11 Å². The molecule has 2 heteroatoms. The second kappa shape index (κ2) is 3.00. The van der Waals surface area contributed by atoms with Gasteiger partial charge < -0.3 is 5.11 Å². The van der Waals surface area contributed by atoms with Gasteiger partial charge in [-0.1, -0.05) is 0 Å². The third kappa shape index (κ3) is 1.17. The molecule has 2 bridgehead atoms. The predicted octanol–water partition coefficient (Wildman–Crippen LogP) is 1.38. The van der Waals surface area contributed by atoms with Crippen LogP contribution in [0.3, 0.4) is 0 Å². The quantitative estimate of drug-likeness (QED) is 0.641. The first-order valence-corrected chi connectivity index (χ1v) is 5.15. The summed E-state index contributed by atoms with van der Waals surface area (Å²) in [6.45, 7) is 4.48. The number of hydrogen-bond acceptors (Lipinski definition) is 2. The Morgan fingerprint density at radius 2 is 1.83 bits per heavy atom. The zero-order valence-corrected chi connectivity index (χ0v) is 8.03. The topological polar surface area (TPSA) is 23.5 Å². The van der Waals surface area contributed by atoms with E-state index in [9.17, 15) is 5.11 Å². The van der Waals surface area contributed by atoms with Crippen molar-refractivity contribution in [2.24, 2.45) is 0 Å². The Kier molecular flexibility index (Phi) is 2.13. The van der Waals surface area contributed by atoms with Crippen molar-refractivity contribution in [1.29, 1.82) is 0 Å². The molecule has 2 saturated heterocycles. The molecule has 0 aromatic carbocycles. The Labute approximate surface area is 74.6 Å². The summed E-state index contributed by atoms with van der Waals surface area (Å²) in [6.07, 6.45) is 4.70. The van der Waals surface area contributed by atoms with Crippen LogP contribution in [-0.4, -0.2) is 34.2 Å². The molecular weight excluding hydrogens is 150 g/mol. The molecule has 0 spiro atoms. The molecule has 3 atom stereocenters. The van der Waals surface area contributed by atoms with E-state index in [1.807, 2.05) is 0 Å². The molecule has 0 aromatic heterocycles. The minimum absolute atomic E-state index is 0.0499. The van der Waals surface area contributed by atoms with Gasteiger partial charge in [0.25, 0.3) is 0 Å². The molecule has 0 radical (unpaired) electrons. The monoisotopic (exact) mass is 169 g/mol. The molecule has 2 aliphatic rings. The fourth-order valence-corrected chi connectivity index (χ4v) is 2.98. The molecule has 12 heavy (non-hydrogen) atoms. The van der Waals surface area contributed by atoms with Crippen LogP contribution in [0.4, 0.5) is 0 Å². The molecule has 2 heterocycles. The maximum Gasteiger partial charge on any atom is 0.0696 e. The van der Waals surface area contributed by atoms with Gasteiger partial charge in [0.1, 0.15) is 0 Å². The van der Waals surface area contributed by atoms with E-state index in [0.29, 0.717) is 12.1 Å². The lowest BCUT2D eigenvalue weighted by Crippen LogP contribution is -2.50. The van der Waals surface area contributed by atoms with Crippen LogP contribution in [0.1, 0.15) is 39.5 Å². The first-order valence-electron chi connectivity index (χ1n) is 5.15. The molecule has 0 saturated carbocycles. The molecule has 2 rings (SSSR count). The summed E-state index contributed by atoms with van der Waals surface area (Å²) in [4.78, 5) is 2.52. The highest BCUT2D eigenvalue weighted by Crippen LogP contribution is 2.36. The maximum absolute atomic E-state index is 9.77. The van der Waals surface area contributed by atoms with Gasteiger partial charge in [0.05, 0.1) is 6.10 Å². The summed E-state index contributed by atoms with van der Waals surface area (Å²) in [5.74, 6) is 0. The second-order valence-electron chi connectivity index (χ2n) is 4.48. The number of aliphatic hydroxyl groups excluding tert-OH is 1. The SMILES string of the molecule is CC(C)N1[C@H]2CCC(O)[C@@H]1CC2. The molecule has 0 amide bonds. The lowest BCUT2D eigenvalue weighted by atomic mass is 9.98. The largest absolute Gasteiger partial charge is 0.391 e. The molecule has 70 valence electrons. The van der Waals surface area contributed by atoms with Gasteiger partial charge in [-0.2, -0.15) is 0 Å². The number of piperidine rings is 1. The highest BCUT2D eigenvalue weighted by Gasteiger charge is 2.42. The number of hydrogen-bond donors (Lipinski definition) is 1. The third-order valence-corrected chi connectivity index (χ3v) is 3.44. The summed E-state index contributed by atoms with van der Waals surface area (Å²) in [5.41, 5.74) is 0. The van der Waals surface area contributed by atoms with Gasteiger partial charge in [0.2, 0.25) is 0 Å². The van der Waals surface area contributed by atoms with Gasteiger partial charge in [-0.15, -0.1) is 0 Å². The van der Waals surface area contributed by atoms with Crippen LogP contribution in [0.5, 0.6) is 0 Å². The van der Waals surface area contributed by atoms with E-state index >= 15 is 0 Å². The first-order chi connectivity index (χ1) is 5.70. The molecule has 1 unspecified atom stereocenters. The first kappa shape index (κ1) is 8.52. The fourth-order valence-electron chi connectivity index (χ4n) is 2.98. The number of rotatable bonds is 1. The number of nitrogens with zero attached hydrogens (tertiary/aromatic N) is 1. The summed E-state index contributed by atoms with van der Waals surface area (Å²) in [5, 5.41) is 9.77. The van der Waals surface area contributed by atoms with E-state index in [2.05, 4.69) is 18.7 Å². The van der Waals surface area contributed by atoms with Crippen LogP contribution >= 0.6 is 0 Å². The Morgan fingerprint density at radius 3 is 2.42 bits per heavy atom. The molecule has 0 aliphatic carbocycles. The molecule has 2 nitrogen and oxygen atoms in total. The van der Waals surface area contributed by atoms with Crippen molar-refractivity contribution in [3.05, 3.63) is 0 Å². The van der Waals surface area contributed by atoms with Crippen molar-refractivity contribution in [2.75, 3.05) is 0 Å². The predicted molar refractivity (Wildman–Crippen MR) is 49.0 cm³/mol. The standard InChI is InChI=1S/C10H19NO/c1-7(2)11-8-3-5-9(11)10(12)6-4-8/h7-10,12H,3-6H2,1-2H3/t8-,9+,10?/m1/s1. The van der Waals surface area contributed by atoms with Crippen LogP contribution < -0.4 is 0 Å². The Bertz CT molecular complexity index is 169. The number of aliphatic hydroxyl groups is 1. The maximum atomic E-state index is 9.77. The van der Waals surface area contributed by atoms with Gasteiger partial charge >= 0.3 is 0 Å². The van der Waals surface area contributed by atoms with Gasteiger partial charge in [-0.05, 0) is 39.5 Å². The van der Waals surface area contributed by atoms with Crippen molar-refractivity contribution >= 4 is 0 Å². The fraction of sp³-hybridized carbons (Fsp3) is 1.00. The van der Waals surface area contributed by atoms with E-state index in [1.165, 1.54) is 19.3 Å². The van der Waals surface area contributed by atoms with E-state index in [0.717, 1.165) is 12.5 Å². The van der Waals surface area contributed by atoms with Crippen LogP contribution in [0.15, 0.2) is 0 Å². The lowest BCUT2D eigenvalue weighted by molar-refractivity contribution is -0.00261. The average Bonchev–Trinajstić information content (AvgIpc) is 2.35. The summed E-state index contributed by atoms with van der Waals surface area (Å²) < 4.78 is 0. The molecule has 1 N–H and O–H groups in total. The minimum atomic E-state index is -0.0499. The zero-order chi connectivity index (χ0) is 8.72. The van der Waals surface area contributed by atoms with Gasteiger partial charge in [0, 0.05) is 18.1 Å². The second-order valence-corrected chi connectivity index (χ2v) is 4.48.